The third-order valence-electron chi connectivity index (χ3n) is 3.19. The Hall–Kier alpha value is -0.0831. The molecule has 0 aliphatic heterocycles. The molecule has 2 heteroatoms. The highest BCUT2D eigenvalue weighted by molar-refractivity contribution is 6.77. The molecular formula is C10H23NSi. The van der Waals surface area contributed by atoms with Crippen molar-refractivity contribution in [2.45, 2.75) is 38.9 Å². The topological polar surface area (TPSA) is 3.24 Å². The average Bonchev–Trinajstić information content (AvgIpc) is 1.85. The monoisotopic (exact) mass is 185 g/mol. The van der Waals surface area contributed by atoms with E-state index in [4.69, 9.17) is 0 Å². The molecule has 0 saturated heterocycles. The van der Waals surface area contributed by atoms with Crippen molar-refractivity contribution in [3.05, 3.63) is 12.7 Å². The van der Waals surface area contributed by atoms with Crippen LogP contribution in [0.3, 0.4) is 0 Å². The maximum absolute atomic E-state index is 3.78. The predicted octanol–water partition coefficient (Wildman–Crippen LogP) is 3.11. The molecule has 0 saturated carbocycles. The number of hydrogen-bond acceptors (Lipinski definition) is 1. The standard InChI is InChI=1S/C10H23NSi/c1-8-9-11(5)12(6,7)10(2,3)4/h8H,1,9H2,2-7H3. The summed E-state index contributed by atoms with van der Waals surface area (Å²) in [6, 6.07) is 0. The molecule has 0 fully saturated rings. The molecule has 72 valence electrons. The highest BCUT2D eigenvalue weighted by Gasteiger charge is 2.38. The van der Waals surface area contributed by atoms with Crippen molar-refractivity contribution in [2.24, 2.45) is 0 Å². The third kappa shape index (κ3) is 2.46. The van der Waals surface area contributed by atoms with Gasteiger partial charge in [-0.1, -0.05) is 39.9 Å². The Morgan fingerprint density at radius 3 is 2.00 bits per heavy atom. The zero-order chi connectivity index (χ0) is 9.99. The molecule has 0 spiro atoms. The Bertz CT molecular complexity index is 156. The van der Waals surface area contributed by atoms with Crippen LogP contribution >= 0.6 is 0 Å². The van der Waals surface area contributed by atoms with Crippen molar-refractivity contribution < 1.29 is 0 Å². The van der Waals surface area contributed by atoms with Crippen molar-refractivity contribution in [1.29, 1.82) is 0 Å². The van der Waals surface area contributed by atoms with E-state index in [0.717, 1.165) is 6.54 Å². The van der Waals surface area contributed by atoms with Crippen molar-refractivity contribution in [1.82, 2.24) is 4.57 Å². The fraction of sp³-hybridized carbons (Fsp3) is 0.800. The number of rotatable bonds is 3. The first kappa shape index (κ1) is 11.9. The van der Waals surface area contributed by atoms with E-state index in [-0.39, 0.29) is 0 Å². The van der Waals surface area contributed by atoms with E-state index in [1.54, 1.807) is 0 Å². The van der Waals surface area contributed by atoms with Crippen LogP contribution in [0.1, 0.15) is 20.8 Å². The summed E-state index contributed by atoms with van der Waals surface area (Å²) in [7, 11) is 0.940. The number of hydrogen-bond donors (Lipinski definition) is 0. The first-order chi connectivity index (χ1) is 5.23. The summed E-state index contributed by atoms with van der Waals surface area (Å²) < 4.78 is 2.47. The molecule has 0 amide bonds. The summed E-state index contributed by atoms with van der Waals surface area (Å²) >= 11 is 0. The van der Waals surface area contributed by atoms with Gasteiger partial charge in [0.2, 0.25) is 0 Å². The Kier molecular flexibility index (Phi) is 3.73. The lowest BCUT2D eigenvalue weighted by molar-refractivity contribution is 0.513. The summed E-state index contributed by atoms with van der Waals surface area (Å²) in [4.78, 5) is 0. The Balaban J connectivity index is 4.48. The smallest absolute Gasteiger partial charge is 0.127 e. The molecule has 0 unspecified atom stereocenters. The van der Waals surface area contributed by atoms with Crippen LogP contribution in [0.5, 0.6) is 0 Å². The van der Waals surface area contributed by atoms with E-state index in [9.17, 15) is 0 Å². The molecule has 0 aromatic rings. The predicted molar refractivity (Wildman–Crippen MR) is 60.0 cm³/mol. The first-order valence-corrected chi connectivity index (χ1v) is 7.50. The van der Waals surface area contributed by atoms with Gasteiger partial charge in [-0.15, -0.1) is 6.58 Å². The van der Waals surface area contributed by atoms with Gasteiger partial charge in [-0.2, -0.15) is 0 Å². The molecule has 0 aliphatic rings. The molecular weight excluding hydrogens is 162 g/mol. The second-order valence-electron chi connectivity index (χ2n) is 4.98. The Labute approximate surface area is 78.6 Å². The molecule has 12 heavy (non-hydrogen) atoms. The molecule has 0 radical (unpaired) electrons. The summed E-state index contributed by atoms with van der Waals surface area (Å²) in [6.07, 6.45) is 1.99. The minimum Gasteiger partial charge on any atom is -0.323 e. The number of likely N-dealkylation sites (N-methyl/N-ethyl adjacent to an activating group) is 1. The first-order valence-electron chi connectivity index (χ1n) is 4.55. The Morgan fingerprint density at radius 1 is 1.33 bits per heavy atom. The van der Waals surface area contributed by atoms with Gasteiger partial charge in [-0.25, -0.2) is 0 Å². The zero-order valence-electron chi connectivity index (χ0n) is 9.44. The summed E-state index contributed by atoms with van der Waals surface area (Å²) in [6.45, 7) is 16.6. The van der Waals surface area contributed by atoms with Crippen molar-refractivity contribution in [2.75, 3.05) is 13.6 Å². The SMILES string of the molecule is C=CCN(C)[Si](C)(C)C(C)(C)C. The summed E-state index contributed by atoms with van der Waals surface area (Å²) in [5.41, 5.74) is 0. The molecule has 0 bridgehead atoms. The maximum atomic E-state index is 3.78. The lowest BCUT2D eigenvalue weighted by Crippen LogP contribution is -2.52. The van der Waals surface area contributed by atoms with E-state index in [1.807, 2.05) is 6.08 Å². The van der Waals surface area contributed by atoms with E-state index < -0.39 is 8.24 Å². The van der Waals surface area contributed by atoms with Crippen LogP contribution in [0, 0.1) is 0 Å². The van der Waals surface area contributed by atoms with Crippen LogP contribution in [0.25, 0.3) is 0 Å². The van der Waals surface area contributed by atoms with Gasteiger partial charge in [0.25, 0.3) is 0 Å². The molecule has 0 aromatic heterocycles. The molecule has 0 N–H and O–H groups in total. The average molecular weight is 185 g/mol. The van der Waals surface area contributed by atoms with Gasteiger partial charge in [-0.05, 0) is 12.1 Å². The largest absolute Gasteiger partial charge is 0.323 e. The summed E-state index contributed by atoms with van der Waals surface area (Å²) in [5, 5.41) is 0.435. The van der Waals surface area contributed by atoms with Crippen LogP contribution in [0.15, 0.2) is 12.7 Å². The van der Waals surface area contributed by atoms with Crippen LogP contribution in [-0.4, -0.2) is 26.4 Å². The van der Waals surface area contributed by atoms with E-state index in [1.165, 1.54) is 0 Å². The minimum absolute atomic E-state index is 0.435. The lowest BCUT2D eigenvalue weighted by Gasteiger charge is -2.43. The lowest BCUT2D eigenvalue weighted by atomic mass is 10.2. The van der Waals surface area contributed by atoms with Gasteiger partial charge in [0.05, 0.1) is 0 Å². The molecule has 0 aliphatic carbocycles. The zero-order valence-corrected chi connectivity index (χ0v) is 10.4. The van der Waals surface area contributed by atoms with Crippen molar-refractivity contribution >= 4 is 8.24 Å². The van der Waals surface area contributed by atoms with Gasteiger partial charge in [0.1, 0.15) is 8.24 Å². The van der Waals surface area contributed by atoms with Crippen LogP contribution in [-0.2, 0) is 0 Å². The molecule has 1 nitrogen and oxygen atoms in total. The second kappa shape index (κ2) is 3.75. The molecule has 0 rings (SSSR count). The van der Waals surface area contributed by atoms with Crippen molar-refractivity contribution in [3.63, 3.8) is 0 Å². The van der Waals surface area contributed by atoms with E-state index in [2.05, 4.69) is 52.1 Å². The van der Waals surface area contributed by atoms with Gasteiger partial charge < -0.3 is 4.57 Å². The van der Waals surface area contributed by atoms with E-state index in [0.29, 0.717) is 5.04 Å². The minimum atomic E-state index is -1.27. The van der Waals surface area contributed by atoms with Crippen molar-refractivity contribution in [3.8, 4) is 0 Å². The number of nitrogens with zero attached hydrogens (tertiary/aromatic N) is 1. The fourth-order valence-electron chi connectivity index (χ4n) is 0.994. The highest BCUT2D eigenvalue weighted by atomic mass is 28.3. The third-order valence-corrected chi connectivity index (χ3v) is 8.95. The molecule has 0 aromatic carbocycles. The quantitative estimate of drug-likeness (QED) is 0.482. The summed E-state index contributed by atoms with van der Waals surface area (Å²) in [5.74, 6) is 0. The van der Waals surface area contributed by atoms with Crippen LogP contribution in [0.2, 0.25) is 18.1 Å². The normalized spacial score (nSPS) is 13.6. The van der Waals surface area contributed by atoms with Gasteiger partial charge >= 0.3 is 0 Å². The van der Waals surface area contributed by atoms with Gasteiger partial charge in [0.15, 0.2) is 0 Å². The van der Waals surface area contributed by atoms with Gasteiger partial charge in [-0.3, -0.25) is 0 Å². The van der Waals surface area contributed by atoms with Gasteiger partial charge in [0, 0.05) is 6.54 Å². The molecule has 0 heterocycles. The maximum Gasteiger partial charge on any atom is 0.127 e. The highest BCUT2D eigenvalue weighted by Crippen LogP contribution is 2.37. The van der Waals surface area contributed by atoms with Crippen LogP contribution in [0.4, 0.5) is 0 Å². The molecule has 0 atom stereocenters. The van der Waals surface area contributed by atoms with E-state index >= 15 is 0 Å². The second-order valence-corrected chi connectivity index (χ2v) is 10.4. The Morgan fingerprint density at radius 2 is 1.75 bits per heavy atom. The fourth-order valence-corrected chi connectivity index (χ4v) is 2.73. The van der Waals surface area contributed by atoms with Crippen LogP contribution < -0.4 is 0 Å².